The highest BCUT2D eigenvalue weighted by Crippen LogP contribution is 2.18. The summed E-state index contributed by atoms with van der Waals surface area (Å²) in [4.78, 5) is 14.3. The van der Waals surface area contributed by atoms with Gasteiger partial charge in [0, 0.05) is 24.3 Å². The maximum absolute atomic E-state index is 12.0. The topological polar surface area (TPSA) is 73.8 Å². The summed E-state index contributed by atoms with van der Waals surface area (Å²) in [5.74, 6) is 0.704. The molecule has 1 aliphatic rings. The van der Waals surface area contributed by atoms with E-state index in [9.17, 15) is 9.90 Å². The Bertz CT molecular complexity index is 591. The van der Waals surface area contributed by atoms with Gasteiger partial charge in [0.1, 0.15) is 12.4 Å². The normalized spacial score (nSPS) is 17.1. The van der Waals surface area contributed by atoms with Gasteiger partial charge in [-0.05, 0) is 63.4 Å². The molecule has 0 spiro atoms. The number of aliphatic hydroxyl groups is 1. The third-order valence-electron chi connectivity index (χ3n) is 4.44. The number of hydrogen-bond acceptors (Lipinski definition) is 4. The molecule has 6 nitrogen and oxygen atoms in total. The highest BCUT2D eigenvalue weighted by Gasteiger charge is 2.22. The summed E-state index contributed by atoms with van der Waals surface area (Å²) >= 11 is 0. The number of amides is 2. The van der Waals surface area contributed by atoms with Crippen molar-refractivity contribution in [2.45, 2.75) is 38.6 Å². The number of benzene rings is 1. The Morgan fingerprint density at radius 2 is 2.27 bits per heavy atom. The van der Waals surface area contributed by atoms with Crippen LogP contribution in [0.25, 0.3) is 0 Å². The van der Waals surface area contributed by atoms with E-state index in [2.05, 4.69) is 22.1 Å². The number of anilines is 1. The summed E-state index contributed by atoms with van der Waals surface area (Å²) in [5, 5.41) is 15.0. The van der Waals surface area contributed by atoms with Crippen molar-refractivity contribution < 1.29 is 14.6 Å². The lowest BCUT2D eigenvalue weighted by Gasteiger charge is -2.22. The first-order valence-corrected chi connectivity index (χ1v) is 9.35. The molecule has 1 aromatic rings. The molecule has 0 aliphatic carbocycles. The van der Waals surface area contributed by atoms with Crippen LogP contribution in [0.15, 0.2) is 36.4 Å². The number of ether oxygens (including phenoxy) is 1. The second-order valence-corrected chi connectivity index (χ2v) is 6.88. The van der Waals surface area contributed by atoms with Crippen LogP contribution in [0.2, 0.25) is 0 Å². The van der Waals surface area contributed by atoms with Crippen molar-refractivity contribution in [2.24, 2.45) is 0 Å². The average molecular weight is 361 g/mol. The minimum absolute atomic E-state index is 0.212. The minimum Gasteiger partial charge on any atom is -0.489 e. The van der Waals surface area contributed by atoms with Gasteiger partial charge in [0.15, 0.2) is 0 Å². The molecule has 2 rings (SSSR count). The van der Waals surface area contributed by atoms with E-state index >= 15 is 0 Å². The number of nitrogens with one attached hydrogen (secondary N) is 2. The van der Waals surface area contributed by atoms with Crippen molar-refractivity contribution >= 4 is 11.7 Å². The van der Waals surface area contributed by atoms with Crippen molar-refractivity contribution in [3.05, 3.63) is 36.4 Å². The number of hydrogen-bond donors (Lipinski definition) is 3. The van der Waals surface area contributed by atoms with E-state index in [-0.39, 0.29) is 12.6 Å². The smallest absolute Gasteiger partial charge is 0.319 e. The molecule has 1 aliphatic heterocycles. The van der Waals surface area contributed by atoms with E-state index in [1.807, 2.05) is 25.1 Å². The van der Waals surface area contributed by atoms with Gasteiger partial charge in [-0.15, -0.1) is 0 Å². The van der Waals surface area contributed by atoms with Gasteiger partial charge in [0.2, 0.25) is 0 Å². The minimum atomic E-state index is -0.212. The third kappa shape index (κ3) is 7.06. The largest absolute Gasteiger partial charge is 0.489 e. The van der Waals surface area contributed by atoms with Crippen LogP contribution < -0.4 is 15.4 Å². The molecule has 1 unspecified atom stereocenters. The number of carbonyl (C=O) groups excluding carboxylic acids is 1. The van der Waals surface area contributed by atoms with Crippen molar-refractivity contribution in [1.29, 1.82) is 0 Å². The van der Waals surface area contributed by atoms with E-state index < -0.39 is 0 Å². The Labute approximate surface area is 156 Å². The van der Waals surface area contributed by atoms with E-state index in [1.165, 1.54) is 6.42 Å². The Morgan fingerprint density at radius 1 is 1.42 bits per heavy atom. The molecule has 144 valence electrons. The molecule has 0 bridgehead atoms. The first kappa shape index (κ1) is 20.3. The quantitative estimate of drug-likeness (QED) is 0.442. The van der Waals surface area contributed by atoms with E-state index in [1.54, 1.807) is 6.07 Å². The van der Waals surface area contributed by atoms with Crippen LogP contribution in [-0.4, -0.2) is 54.9 Å². The second kappa shape index (κ2) is 10.8. The molecule has 1 heterocycles. The molecule has 6 heteroatoms. The van der Waals surface area contributed by atoms with Gasteiger partial charge < -0.3 is 20.5 Å². The molecular formula is C20H31N3O3. The van der Waals surface area contributed by atoms with Gasteiger partial charge in [0.25, 0.3) is 0 Å². The first-order chi connectivity index (χ1) is 12.6. The van der Waals surface area contributed by atoms with Gasteiger partial charge in [-0.3, -0.25) is 4.90 Å². The SMILES string of the molecule is C=C(C)COc1cccc(NC(=O)NCCCCN2CCCC2CO)c1. The van der Waals surface area contributed by atoms with Crippen LogP contribution in [0.5, 0.6) is 5.75 Å². The molecule has 1 fully saturated rings. The summed E-state index contributed by atoms with van der Waals surface area (Å²) in [5.41, 5.74) is 1.64. The van der Waals surface area contributed by atoms with Gasteiger partial charge >= 0.3 is 6.03 Å². The molecule has 0 saturated carbocycles. The van der Waals surface area contributed by atoms with Crippen molar-refractivity contribution in [1.82, 2.24) is 10.2 Å². The predicted molar refractivity (Wildman–Crippen MR) is 105 cm³/mol. The highest BCUT2D eigenvalue weighted by atomic mass is 16.5. The summed E-state index contributed by atoms with van der Waals surface area (Å²) in [6.07, 6.45) is 4.19. The van der Waals surface area contributed by atoms with E-state index in [0.29, 0.717) is 30.6 Å². The van der Waals surface area contributed by atoms with Gasteiger partial charge in [-0.1, -0.05) is 12.6 Å². The Balaban J connectivity index is 1.62. The highest BCUT2D eigenvalue weighted by molar-refractivity contribution is 5.89. The average Bonchev–Trinajstić information content (AvgIpc) is 3.07. The number of urea groups is 1. The van der Waals surface area contributed by atoms with Crippen LogP contribution in [0.1, 0.15) is 32.6 Å². The molecule has 0 aromatic heterocycles. The maximum Gasteiger partial charge on any atom is 0.319 e. The first-order valence-electron chi connectivity index (χ1n) is 9.35. The van der Waals surface area contributed by atoms with Crippen LogP contribution in [0.3, 0.4) is 0 Å². The van der Waals surface area contributed by atoms with Crippen LogP contribution in [0.4, 0.5) is 10.5 Å². The zero-order valence-corrected chi connectivity index (χ0v) is 15.7. The van der Waals surface area contributed by atoms with E-state index in [0.717, 1.165) is 37.9 Å². The number of carbonyl (C=O) groups is 1. The summed E-state index contributed by atoms with van der Waals surface area (Å²) < 4.78 is 5.58. The standard InChI is InChI=1S/C20H31N3O3/c1-16(2)15-26-19-9-5-7-17(13-19)22-20(25)21-10-3-4-11-23-12-6-8-18(23)14-24/h5,7,9,13,18,24H,1,3-4,6,8,10-12,14-15H2,2H3,(H2,21,22,25). The maximum atomic E-state index is 12.0. The zero-order valence-electron chi connectivity index (χ0n) is 15.7. The zero-order chi connectivity index (χ0) is 18.8. The molecule has 0 radical (unpaired) electrons. The monoisotopic (exact) mass is 361 g/mol. The molecule has 1 atom stereocenters. The summed E-state index contributed by atoms with van der Waals surface area (Å²) in [7, 11) is 0. The number of aliphatic hydroxyl groups excluding tert-OH is 1. The number of likely N-dealkylation sites (tertiary alicyclic amines) is 1. The molecule has 1 aromatic carbocycles. The second-order valence-electron chi connectivity index (χ2n) is 6.88. The summed E-state index contributed by atoms with van der Waals surface area (Å²) in [6.45, 7) is 9.11. The van der Waals surface area contributed by atoms with Crippen molar-refractivity contribution in [3.8, 4) is 5.75 Å². The molecule has 1 saturated heterocycles. The Morgan fingerprint density at radius 3 is 3.04 bits per heavy atom. The lowest BCUT2D eigenvalue weighted by atomic mass is 10.2. The van der Waals surface area contributed by atoms with E-state index in [4.69, 9.17) is 4.74 Å². The fraction of sp³-hybridized carbons (Fsp3) is 0.550. The number of rotatable bonds is 10. The Hall–Kier alpha value is -2.05. The lowest BCUT2D eigenvalue weighted by molar-refractivity contribution is 0.157. The molecule has 2 amide bonds. The molecule has 26 heavy (non-hydrogen) atoms. The fourth-order valence-electron chi connectivity index (χ4n) is 3.08. The molecular weight excluding hydrogens is 330 g/mol. The van der Waals surface area contributed by atoms with Gasteiger partial charge in [-0.2, -0.15) is 0 Å². The predicted octanol–water partition coefficient (Wildman–Crippen LogP) is 3.00. The lowest BCUT2D eigenvalue weighted by Crippen LogP contribution is -2.34. The molecule has 3 N–H and O–H groups in total. The number of unbranched alkanes of at least 4 members (excludes halogenated alkanes) is 1. The summed E-state index contributed by atoms with van der Waals surface area (Å²) in [6, 6.07) is 7.43. The van der Waals surface area contributed by atoms with Crippen molar-refractivity contribution in [3.63, 3.8) is 0 Å². The van der Waals surface area contributed by atoms with Crippen LogP contribution >= 0.6 is 0 Å². The Kier molecular flexibility index (Phi) is 8.44. The van der Waals surface area contributed by atoms with Gasteiger partial charge in [0.05, 0.1) is 6.61 Å². The van der Waals surface area contributed by atoms with Gasteiger partial charge in [-0.25, -0.2) is 4.79 Å². The van der Waals surface area contributed by atoms with Crippen LogP contribution in [0, 0.1) is 0 Å². The third-order valence-corrected chi connectivity index (χ3v) is 4.44. The fourth-order valence-corrected chi connectivity index (χ4v) is 3.08. The van der Waals surface area contributed by atoms with Crippen molar-refractivity contribution in [2.75, 3.05) is 38.2 Å². The van der Waals surface area contributed by atoms with Crippen LogP contribution in [-0.2, 0) is 0 Å². The number of nitrogens with zero attached hydrogens (tertiary/aromatic N) is 1.